The molecule has 3 N–H and O–H groups in total. The molecule has 6 rings (SSSR count). The van der Waals surface area contributed by atoms with E-state index in [2.05, 4.69) is 26.0 Å². The standard InChI is InChI=1S/C27H33FN6O4/c1-14(2)34-18(7-10-29-34)24(35)33-22(20(15-3-4-15)16-5-6-16)25(36)32-19-13-17-21(23(28)31-19)27(26(37)30-17)8-11-38-12-9-27/h7,10,13-16,20,22H,3-6,8-9,11-12H2,1-2H3,(H,30,37)(H,33,35)(H,31,32,36)/t22-/m0/s1. The van der Waals surface area contributed by atoms with Crippen LogP contribution in [0.2, 0.25) is 0 Å². The first-order valence-corrected chi connectivity index (χ1v) is 13.5. The molecule has 0 unspecified atom stereocenters. The summed E-state index contributed by atoms with van der Waals surface area (Å²) in [4.78, 5) is 43.9. The maximum Gasteiger partial charge on any atom is 0.270 e. The van der Waals surface area contributed by atoms with Crippen LogP contribution in [-0.2, 0) is 19.7 Å². The topological polar surface area (TPSA) is 127 Å². The van der Waals surface area contributed by atoms with Crippen molar-refractivity contribution in [3.63, 3.8) is 0 Å². The summed E-state index contributed by atoms with van der Waals surface area (Å²) < 4.78 is 22.4. The third kappa shape index (κ3) is 4.36. The molecular weight excluding hydrogens is 491 g/mol. The second-order valence-corrected chi connectivity index (χ2v) is 11.3. The van der Waals surface area contributed by atoms with Crippen LogP contribution in [0.3, 0.4) is 0 Å². The zero-order valence-corrected chi connectivity index (χ0v) is 21.6. The summed E-state index contributed by atoms with van der Waals surface area (Å²) in [5.41, 5.74) is -0.0487. The van der Waals surface area contributed by atoms with Crippen molar-refractivity contribution in [1.82, 2.24) is 20.1 Å². The maximum absolute atomic E-state index is 15.4. The lowest BCUT2D eigenvalue weighted by Gasteiger charge is -2.31. The molecule has 2 aliphatic carbocycles. The number of carbonyl (C=O) groups is 3. The number of rotatable bonds is 8. The maximum atomic E-state index is 15.4. The highest BCUT2D eigenvalue weighted by Gasteiger charge is 2.51. The number of halogens is 1. The van der Waals surface area contributed by atoms with Crippen LogP contribution in [0.5, 0.6) is 0 Å². The number of hydrogen-bond donors (Lipinski definition) is 3. The van der Waals surface area contributed by atoms with Gasteiger partial charge in [-0.25, -0.2) is 4.98 Å². The SMILES string of the molecule is CC(C)n1nccc1C(=O)N[C@H](C(=O)Nc1cc2c(c(F)n1)C1(CCOCC1)C(=O)N2)C(C1CC1)C1CC1. The van der Waals surface area contributed by atoms with Gasteiger partial charge in [-0.15, -0.1) is 0 Å². The van der Waals surface area contributed by atoms with E-state index in [4.69, 9.17) is 4.74 Å². The number of hydrogen-bond acceptors (Lipinski definition) is 6. The first-order chi connectivity index (χ1) is 18.3. The molecule has 0 bridgehead atoms. The number of nitrogens with one attached hydrogen (secondary N) is 3. The largest absolute Gasteiger partial charge is 0.381 e. The van der Waals surface area contributed by atoms with Crippen LogP contribution < -0.4 is 16.0 Å². The Kier molecular flexibility index (Phi) is 6.20. The molecule has 0 aromatic carbocycles. The Morgan fingerprint density at radius 3 is 2.50 bits per heavy atom. The Balaban J connectivity index is 1.27. The fourth-order valence-electron chi connectivity index (χ4n) is 6.24. The molecule has 3 amide bonds. The van der Waals surface area contributed by atoms with Crippen molar-refractivity contribution < 1.29 is 23.5 Å². The lowest BCUT2D eigenvalue weighted by molar-refractivity contribution is -0.124. The van der Waals surface area contributed by atoms with Crippen molar-refractivity contribution in [1.29, 1.82) is 0 Å². The zero-order chi connectivity index (χ0) is 26.6. The van der Waals surface area contributed by atoms with Crippen molar-refractivity contribution in [2.24, 2.45) is 17.8 Å². The van der Waals surface area contributed by atoms with Crippen molar-refractivity contribution in [3.8, 4) is 0 Å². The van der Waals surface area contributed by atoms with Gasteiger partial charge in [-0.05, 0) is 76.2 Å². The summed E-state index contributed by atoms with van der Waals surface area (Å²) in [7, 11) is 0. The average molecular weight is 525 g/mol. The predicted molar refractivity (Wildman–Crippen MR) is 136 cm³/mol. The van der Waals surface area contributed by atoms with Crippen molar-refractivity contribution in [2.45, 2.75) is 69.9 Å². The Hall–Kier alpha value is -3.34. The minimum atomic E-state index is -0.994. The molecule has 4 aliphatic rings. The van der Waals surface area contributed by atoms with Crippen LogP contribution in [0.15, 0.2) is 18.3 Å². The molecule has 2 aromatic heterocycles. The second-order valence-electron chi connectivity index (χ2n) is 11.3. The number of carbonyl (C=O) groups excluding carboxylic acids is 3. The van der Waals surface area contributed by atoms with E-state index in [1.165, 1.54) is 6.07 Å². The number of ether oxygens (including phenoxy) is 1. The van der Waals surface area contributed by atoms with Gasteiger partial charge in [0.25, 0.3) is 5.91 Å². The van der Waals surface area contributed by atoms with E-state index < -0.39 is 23.3 Å². The van der Waals surface area contributed by atoms with Crippen molar-refractivity contribution in [3.05, 3.63) is 35.5 Å². The monoisotopic (exact) mass is 524 g/mol. The van der Waals surface area contributed by atoms with E-state index in [1.807, 2.05) is 13.8 Å². The van der Waals surface area contributed by atoms with E-state index in [1.54, 1.807) is 16.9 Å². The normalized spacial score (nSPS) is 20.9. The van der Waals surface area contributed by atoms with Crippen LogP contribution >= 0.6 is 0 Å². The highest BCUT2D eigenvalue weighted by atomic mass is 19.1. The molecular formula is C27H33FN6O4. The smallest absolute Gasteiger partial charge is 0.270 e. The molecule has 3 fully saturated rings. The molecule has 202 valence electrons. The molecule has 2 aromatic rings. The molecule has 1 atom stereocenters. The minimum Gasteiger partial charge on any atom is -0.381 e. The molecule has 38 heavy (non-hydrogen) atoms. The van der Waals surface area contributed by atoms with Crippen LogP contribution in [0.25, 0.3) is 0 Å². The van der Waals surface area contributed by atoms with Gasteiger partial charge < -0.3 is 20.7 Å². The Morgan fingerprint density at radius 1 is 1.18 bits per heavy atom. The fraction of sp³-hybridized carbons (Fsp3) is 0.593. The van der Waals surface area contributed by atoms with Gasteiger partial charge in [0.1, 0.15) is 17.6 Å². The summed E-state index contributed by atoms with van der Waals surface area (Å²) in [5, 5.41) is 12.8. The van der Waals surface area contributed by atoms with Crippen molar-refractivity contribution in [2.75, 3.05) is 23.8 Å². The van der Waals surface area contributed by atoms with Crippen molar-refractivity contribution >= 4 is 29.2 Å². The average Bonchev–Trinajstić information content (AvgIpc) is 3.82. The highest BCUT2D eigenvalue weighted by molar-refractivity contribution is 6.07. The van der Waals surface area contributed by atoms with Gasteiger partial charge in [-0.1, -0.05) is 0 Å². The number of anilines is 2. The molecule has 10 nitrogen and oxygen atoms in total. The number of aromatic nitrogens is 3. The summed E-state index contributed by atoms with van der Waals surface area (Å²) >= 11 is 0. The van der Waals surface area contributed by atoms with E-state index in [0.717, 1.165) is 25.7 Å². The highest BCUT2D eigenvalue weighted by Crippen LogP contribution is 2.51. The van der Waals surface area contributed by atoms with E-state index in [-0.39, 0.29) is 35.2 Å². The van der Waals surface area contributed by atoms with Gasteiger partial charge in [-0.2, -0.15) is 9.49 Å². The third-order valence-corrected chi connectivity index (χ3v) is 8.41. The predicted octanol–water partition coefficient (Wildman–Crippen LogP) is 3.17. The first-order valence-electron chi connectivity index (χ1n) is 13.5. The lowest BCUT2D eigenvalue weighted by Crippen LogP contribution is -2.50. The molecule has 2 aliphatic heterocycles. The third-order valence-electron chi connectivity index (χ3n) is 8.41. The number of fused-ring (bicyclic) bond motifs is 2. The quantitative estimate of drug-likeness (QED) is 0.455. The van der Waals surface area contributed by atoms with Crippen LogP contribution in [0.1, 0.15) is 74.5 Å². The fourth-order valence-corrected chi connectivity index (χ4v) is 6.24. The Morgan fingerprint density at radius 2 is 1.87 bits per heavy atom. The van der Waals surface area contributed by atoms with Gasteiger partial charge in [-0.3, -0.25) is 19.1 Å². The Bertz CT molecular complexity index is 1270. The van der Waals surface area contributed by atoms with E-state index in [9.17, 15) is 14.4 Å². The summed E-state index contributed by atoms with van der Waals surface area (Å²) in [6.45, 7) is 4.60. The second kappa shape index (κ2) is 9.44. The van der Waals surface area contributed by atoms with Gasteiger partial charge in [0.2, 0.25) is 17.8 Å². The number of nitrogens with zero attached hydrogens (tertiary/aromatic N) is 3. The molecule has 1 spiro atoms. The lowest BCUT2D eigenvalue weighted by atomic mass is 9.75. The molecule has 1 saturated heterocycles. The molecule has 2 saturated carbocycles. The molecule has 0 radical (unpaired) electrons. The van der Waals surface area contributed by atoms with E-state index in [0.29, 0.717) is 49.3 Å². The Labute approximate surface area is 220 Å². The van der Waals surface area contributed by atoms with E-state index >= 15 is 4.39 Å². The van der Waals surface area contributed by atoms with Crippen LogP contribution in [0.4, 0.5) is 15.9 Å². The van der Waals surface area contributed by atoms with Gasteiger partial charge in [0, 0.05) is 37.1 Å². The number of amides is 3. The van der Waals surface area contributed by atoms with Crippen LogP contribution in [0, 0.1) is 23.7 Å². The van der Waals surface area contributed by atoms with Crippen LogP contribution in [-0.4, -0.2) is 51.7 Å². The summed E-state index contributed by atoms with van der Waals surface area (Å²) in [5.74, 6) is -1.11. The summed E-state index contributed by atoms with van der Waals surface area (Å²) in [6.07, 6.45) is 6.41. The van der Waals surface area contributed by atoms with Gasteiger partial charge >= 0.3 is 0 Å². The molecule has 11 heteroatoms. The van der Waals surface area contributed by atoms with Gasteiger partial charge in [0.15, 0.2) is 0 Å². The minimum absolute atomic E-state index is 0.00106. The van der Waals surface area contributed by atoms with Gasteiger partial charge in [0.05, 0.1) is 11.1 Å². The zero-order valence-electron chi connectivity index (χ0n) is 21.6. The number of pyridine rings is 1. The summed E-state index contributed by atoms with van der Waals surface area (Å²) in [6, 6.07) is 2.33. The first kappa shape index (κ1) is 25.0. The molecule has 4 heterocycles.